The number of carbonyl (C=O) groups excluding carboxylic acids is 1. The Morgan fingerprint density at radius 2 is 2.15 bits per heavy atom. The van der Waals surface area contributed by atoms with Gasteiger partial charge in [-0.15, -0.1) is 6.42 Å². The molecule has 1 aliphatic carbocycles. The Bertz CT molecular complexity index is 267. The van der Waals surface area contributed by atoms with Gasteiger partial charge in [-0.2, -0.15) is 0 Å². The summed E-state index contributed by atoms with van der Waals surface area (Å²) in [6, 6.07) is -0.0651. The van der Waals surface area contributed by atoms with E-state index in [4.69, 9.17) is 11.5 Å². The molecule has 0 aromatic carbocycles. The molecule has 1 fully saturated rings. The third kappa shape index (κ3) is 2.48. The first kappa shape index (κ1) is 9.59. The van der Waals surface area contributed by atoms with E-state index in [1.54, 1.807) is 0 Å². The van der Waals surface area contributed by atoms with Gasteiger partial charge in [0.05, 0.1) is 5.92 Å². The summed E-state index contributed by atoms with van der Waals surface area (Å²) in [7, 11) is 0. The number of aliphatic carboxylic acids is 1. The quantitative estimate of drug-likeness (QED) is 0.589. The minimum atomic E-state index is -0.794. The Morgan fingerprint density at radius 3 is 2.62 bits per heavy atom. The van der Waals surface area contributed by atoms with Crippen LogP contribution in [0.1, 0.15) is 19.3 Å². The van der Waals surface area contributed by atoms with Crippen LogP contribution >= 0.6 is 0 Å². The van der Waals surface area contributed by atoms with Gasteiger partial charge in [0.15, 0.2) is 0 Å². The average Bonchev–Trinajstić information content (AvgIpc) is 2.52. The monoisotopic (exact) mass is 181 g/mol. The zero-order valence-corrected chi connectivity index (χ0v) is 7.12. The number of carbonyl (C=O) groups is 2. The fraction of sp³-hybridized carbons (Fsp3) is 0.556. The predicted octanol–water partition coefficient (Wildman–Crippen LogP) is -0.0109. The first-order valence-electron chi connectivity index (χ1n) is 4.13. The third-order valence-electron chi connectivity index (χ3n) is 2.25. The van der Waals surface area contributed by atoms with E-state index in [9.17, 15) is 9.59 Å². The number of carboxylic acids is 1. The number of nitrogens with one attached hydrogen (secondary N) is 1. The summed E-state index contributed by atoms with van der Waals surface area (Å²) in [5.41, 5.74) is 0. The summed E-state index contributed by atoms with van der Waals surface area (Å²) in [5.74, 6) is 0.352. The van der Waals surface area contributed by atoms with Crippen molar-refractivity contribution < 1.29 is 14.7 Å². The highest BCUT2D eigenvalue weighted by molar-refractivity contribution is 5.93. The molecule has 4 nitrogen and oxygen atoms in total. The lowest BCUT2D eigenvalue weighted by molar-refractivity contribution is -0.141. The average molecular weight is 181 g/mol. The van der Waals surface area contributed by atoms with E-state index in [2.05, 4.69) is 5.32 Å². The van der Waals surface area contributed by atoms with Crippen molar-refractivity contribution in [3.63, 3.8) is 0 Å². The first-order chi connectivity index (χ1) is 6.13. The maximum absolute atomic E-state index is 10.7. The molecule has 0 aliphatic heterocycles. The molecule has 1 amide bonds. The fourth-order valence-corrected chi connectivity index (χ4v) is 1.56. The van der Waals surface area contributed by atoms with Gasteiger partial charge in [0, 0.05) is 6.04 Å². The maximum atomic E-state index is 10.7. The molecular formula is C9H11NO3. The van der Waals surface area contributed by atoms with Crippen LogP contribution in [0.5, 0.6) is 0 Å². The van der Waals surface area contributed by atoms with E-state index in [1.807, 2.05) is 5.92 Å². The molecule has 1 rings (SSSR count). The molecule has 1 aliphatic rings. The molecule has 70 valence electrons. The van der Waals surface area contributed by atoms with Crippen LogP contribution in [0.3, 0.4) is 0 Å². The predicted molar refractivity (Wildman–Crippen MR) is 45.7 cm³/mol. The second kappa shape index (κ2) is 3.94. The van der Waals surface area contributed by atoms with Crippen LogP contribution < -0.4 is 5.32 Å². The molecule has 0 spiro atoms. The van der Waals surface area contributed by atoms with Gasteiger partial charge in [-0.25, -0.2) is 0 Å². The summed E-state index contributed by atoms with van der Waals surface area (Å²) < 4.78 is 0. The smallest absolute Gasteiger partial charge is 0.306 e. The van der Waals surface area contributed by atoms with E-state index in [0.29, 0.717) is 19.3 Å². The Hall–Kier alpha value is -1.50. The molecule has 2 N–H and O–H groups in total. The third-order valence-corrected chi connectivity index (χ3v) is 2.25. The van der Waals surface area contributed by atoms with Crippen LogP contribution in [0.2, 0.25) is 0 Å². The van der Waals surface area contributed by atoms with Gasteiger partial charge in [-0.1, -0.05) is 0 Å². The number of rotatable bonds is 2. The van der Waals surface area contributed by atoms with Crippen molar-refractivity contribution >= 4 is 11.9 Å². The highest BCUT2D eigenvalue weighted by Gasteiger charge is 2.30. The highest BCUT2D eigenvalue weighted by Crippen LogP contribution is 2.25. The Labute approximate surface area is 76.3 Å². The van der Waals surface area contributed by atoms with Gasteiger partial charge >= 0.3 is 5.97 Å². The van der Waals surface area contributed by atoms with Crippen LogP contribution in [0.25, 0.3) is 0 Å². The summed E-state index contributed by atoms with van der Waals surface area (Å²) in [6.07, 6.45) is 6.67. The molecule has 0 radical (unpaired) electrons. The zero-order chi connectivity index (χ0) is 9.84. The van der Waals surface area contributed by atoms with E-state index in [-0.39, 0.29) is 12.0 Å². The fourth-order valence-electron chi connectivity index (χ4n) is 1.56. The maximum Gasteiger partial charge on any atom is 0.306 e. The summed E-state index contributed by atoms with van der Waals surface area (Å²) >= 11 is 0. The number of amides is 1. The van der Waals surface area contributed by atoms with Crippen LogP contribution in [0.4, 0.5) is 0 Å². The van der Waals surface area contributed by atoms with Gasteiger partial charge in [0.2, 0.25) is 0 Å². The summed E-state index contributed by atoms with van der Waals surface area (Å²) in [6.45, 7) is 0. The van der Waals surface area contributed by atoms with E-state index in [0.717, 1.165) is 0 Å². The standard InChI is InChI=1S/C9H11NO3/c1-2-8(11)10-7-4-3-6(5-7)9(12)13/h1,6-7H,3-5H2,(H,10,11)(H,12,13)/t6-,7+/m1/s1. The Morgan fingerprint density at radius 1 is 1.46 bits per heavy atom. The normalized spacial score (nSPS) is 26.4. The van der Waals surface area contributed by atoms with Crippen LogP contribution in [0, 0.1) is 18.3 Å². The number of terminal acetylenes is 1. The van der Waals surface area contributed by atoms with E-state index < -0.39 is 11.9 Å². The molecule has 4 heteroatoms. The van der Waals surface area contributed by atoms with Gasteiger partial charge in [-0.05, 0) is 25.2 Å². The molecule has 1 saturated carbocycles. The molecule has 13 heavy (non-hydrogen) atoms. The summed E-state index contributed by atoms with van der Waals surface area (Å²) in [4.78, 5) is 21.3. The van der Waals surface area contributed by atoms with E-state index in [1.165, 1.54) is 0 Å². The highest BCUT2D eigenvalue weighted by atomic mass is 16.4. The van der Waals surface area contributed by atoms with Crippen molar-refractivity contribution in [2.24, 2.45) is 5.92 Å². The summed E-state index contributed by atoms with van der Waals surface area (Å²) in [5, 5.41) is 11.2. The van der Waals surface area contributed by atoms with E-state index >= 15 is 0 Å². The molecule has 2 atom stereocenters. The van der Waals surface area contributed by atoms with Crippen molar-refractivity contribution in [1.29, 1.82) is 0 Å². The van der Waals surface area contributed by atoms with Crippen molar-refractivity contribution in [2.75, 3.05) is 0 Å². The van der Waals surface area contributed by atoms with Crippen molar-refractivity contribution in [1.82, 2.24) is 5.32 Å². The number of hydrogen-bond acceptors (Lipinski definition) is 2. The Balaban J connectivity index is 2.38. The van der Waals surface area contributed by atoms with Crippen LogP contribution in [-0.2, 0) is 9.59 Å². The van der Waals surface area contributed by atoms with Gasteiger partial charge in [0.1, 0.15) is 0 Å². The molecule has 0 saturated heterocycles. The molecule has 0 aromatic heterocycles. The minimum absolute atomic E-state index is 0.0651. The lowest BCUT2D eigenvalue weighted by atomic mass is 10.1. The van der Waals surface area contributed by atoms with Crippen LogP contribution in [0.15, 0.2) is 0 Å². The molecule has 0 unspecified atom stereocenters. The van der Waals surface area contributed by atoms with Gasteiger partial charge in [-0.3, -0.25) is 9.59 Å². The van der Waals surface area contributed by atoms with Crippen molar-refractivity contribution in [3.8, 4) is 12.3 Å². The van der Waals surface area contributed by atoms with Crippen molar-refractivity contribution in [3.05, 3.63) is 0 Å². The zero-order valence-electron chi connectivity index (χ0n) is 7.12. The second-order valence-corrected chi connectivity index (χ2v) is 3.16. The first-order valence-corrected chi connectivity index (χ1v) is 4.13. The molecule has 0 bridgehead atoms. The minimum Gasteiger partial charge on any atom is -0.481 e. The number of hydrogen-bond donors (Lipinski definition) is 2. The molecular weight excluding hydrogens is 170 g/mol. The topological polar surface area (TPSA) is 66.4 Å². The molecule has 0 aromatic rings. The Kier molecular flexibility index (Phi) is 2.91. The lowest BCUT2D eigenvalue weighted by Gasteiger charge is -2.08. The van der Waals surface area contributed by atoms with Crippen LogP contribution in [-0.4, -0.2) is 23.0 Å². The SMILES string of the molecule is C#CC(=O)N[C@H]1CC[C@@H](C(=O)O)C1. The largest absolute Gasteiger partial charge is 0.481 e. The van der Waals surface area contributed by atoms with Gasteiger partial charge in [0.25, 0.3) is 5.91 Å². The van der Waals surface area contributed by atoms with Gasteiger partial charge < -0.3 is 10.4 Å². The molecule has 0 heterocycles. The number of carboxylic acid groups (broad SMARTS) is 1. The van der Waals surface area contributed by atoms with Crippen molar-refractivity contribution in [2.45, 2.75) is 25.3 Å². The lowest BCUT2D eigenvalue weighted by Crippen LogP contribution is -2.32. The second-order valence-electron chi connectivity index (χ2n) is 3.16.